The van der Waals surface area contributed by atoms with Gasteiger partial charge in [-0.1, -0.05) is 11.6 Å². The quantitative estimate of drug-likeness (QED) is 0.590. The van der Waals surface area contributed by atoms with Crippen LogP contribution in [-0.4, -0.2) is 0 Å². The number of hydrogen-bond donors (Lipinski definition) is 0. The highest BCUT2D eigenvalue weighted by Gasteiger charge is 2.01. The van der Waals surface area contributed by atoms with E-state index in [2.05, 4.69) is 22.9 Å². The van der Waals surface area contributed by atoms with E-state index in [1.54, 1.807) is 0 Å². The highest BCUT2D eigenvalue weighted by atomic mass is 79.9. The van der Waals surface area contributed by atoms with Crippen LogP contribution in [0, 0.1) is 12.7 Å². The maximum atomic E-state index is 12.6. The first kappa shape index (κ1) is 8.02. The van der Waals surface area contributed by atoms with Gasteiger partial charge in [0.2, 0.25) is 0 Å². The second-order valence-electron chi connectivity index (χ2n) is 1.86. The third kappa shape index (κ3) is 1.50. The molecule has 0 unspecified atom stereocenters. The number of hydrogen-bond acceptors (Lipinski definition) is 0. The lowest BCUT2D eigenvalue weighted by molar-refractivity contribution is 0.620. The molecule has 0 aliphatic carbocycles. The van der Waals surface area contributed by atoms with Crippen molar-refractivity contribution in [1.29, 1.82) is 0 Å². The van der Waals surface area contributed by atoms with Crippen molar-refractivity contribution in [2.24, 2.45) is 0 Å². The van der Waals surface area contributed by atoms with Gasteiger partial charge in [-0.3, -0.25) is 0 Å². The van der Waals surface area contributed by atoms with E-state index in [1.807, 2.05) is 0 Å². The Hall–Kier alpha value is -0.0800. The zero-order chi connectivity index (χ0) is 7.72. The average molecular weight is 222 g/mol. The first-order valence-electron chi connectivity index (χ1n) is 2.58. The summed E-state index contributed by atoms with van der Waals surface area (Å²) in [4.78, 5) is 0. The van der Waals surface area contributed by atoms with Gasteiger partial charge in [-0.05, 0) is 40.5 Å². The number of rotatable bonds is 0. The molecule has 0 bridgehead atoms. The van der Waals surface area contributed by atoms with Crippen molar-refractivity contribution in [2.45, 2.75) is 0 Å². The fourth-order valence-corrected chi connectivity index (χ4v) is 1.20. The van der Waals surface area contributed by atoms with Gasteiger partial charge < -0.3 is 0 Å². The Morgan fingerprint density at radius 1 is 1.50 bits per heavy atom. The third-order valence-electron chi connectivity index (χ3n) is 1.09. The molecule has 1 radical (unpaired) electrons. The summed E-state index contributed by atoms with van der Waals surface area (Å²) < 4.78 is 13.0. The van der Waals surface area contributed by atoms with Gasteiger partial charge in [0, 0.05) is 5.02 Å². The second-order valence-corrected chi connectivity index (χ2v) is 3.12. The molecule has 0 atom stereocenters. The van der Waals surface area contributed by atoms with Crippen molar-refractivity contribution in [2.75, 3.05) is 0 Å². The van der Waals surface area contributed by atoms with Gasteiger partial charge in [0.1, 0.15) is 5.82 Å². The summed E-state index contributed by atoms with van der Waals surface area (Å²) in [6.45, 7) is 3.53. The van der Waals surface area contributed by atoms with Gasteiger partial charge in [0.05, 0.1) is 4.47 Å². The molecular formula is C7H4BrClF. The molecule has 0 heterocycles. The largest absolute Gasteiger partial charge is 0.206 e. The SMILES string of the molecule is [CH2]c1cc(F)c(Br)cc1Cl. The Labute approximate surface area is 72.1 Å². The molecule has 0 spiro atoms. The highest BCUT2D eigenvalue weighted by Crippen LogP contribution is 2.23. The van der Waals surface area contributed by atoms with E-state index in [-0.39, 0.29) is 5.82 Å². The predicted octanol–water partition coefficient (Wildman–Crippen LogP) is 3.42. The van der Waals surface area contributed by atoms with Crippen LogP contribution < -0.4 is 0 Å². The smallest absolute Gasteiger partial charge is 0.137 e. The van der Waals surface area contributed by atoms with Crippen LogP contribution in [0.5, 0.6) is 0 Å². The summed E-state index contributed by atoms with van der Waals surface area (Å²) in [5.41, 5.74) is 0.502. The highest BCUT2D eigenvalue weighted by molar-refractivity contribution is 9.10. The lowest BCUT2D eigenvalue weighted by Crippen LogP contribution is -1.80. The van der Waals surface area contributed by atoms with Crippen molar-refractivity contribution in [3.8, 4) is 0 Å². The van der Waals surface area contributed by atoms with Gasteiger partial charge in [-0.15, -0.1) is 0 Å². The van der Waals surface area contributed by atoms with Gasteiger partial charge >= 0.3 is 0 Å². The topological polar surface area (TPSA) is 0 Å². The zero-order valence-corrected chi connectivity index (χ0v) is 7.34. The fraction of sp³-hybridized carbons (Fsp3) is 0. The predicted molar refractivity (Wildman–Crippen MR) is 43.6 cm³/mol. The molecule has 0 amide bonds. The van der Waals surface area contributed by atoms with Crippen molar-refractivity contribution >= 4 is 27.5 Å². The standard InChI is InChI=1S/C7H4BrClF/c1-4-2-7(10)5(8)3-6(4)9/h2-3H,1H2. The van der Waals surface area contributed by atoms with Crippen LogP contribution >= 0.6 is 27.5 Å². The van der Waals surface area contributed by atoms with Crippen molar-refractivity contribution in [3.05, 3.63) is 39.9 Å². The lowest BCUT2D eigenvalue weighted by Gasteiger charge is -1.98. The van der Waals surface area contributed by atoms with Gasteiger partial charge in [-0.25, -0.2) is 4.39 Å². The van der Waals surface area contributed by atoms with Crippen LogP contribution in [0.25, 0.3) is 0 Å². The van der Waals surface area contributed by atoms with E-state index < -0.39 is 0 Å². The molecule has 0 aliphatic rings. The number of benzene rings is 1. The molecule has 1 rings (SSSR count). The first-order chi connectivity index (χ1) is 4.61. The molecule has 0 aromatic heterocycles. The molecule has 0 saturated heterocycles. The zero-order valence-electron chi connectivity index (χ0n) is 5.00. The van der Waals surface area contributed by atoms with E-state index >= 15 is 0 Å². The molecule has 0 aliphatic heterocycles. The molecule has 0 saturated carbocycles. The minimum absolute atomic E-state index is 0.339. The molecule has 1 aromatic carbocycles. The summed E-state index contributed by atoms with van der Waals surface area (Å²) >= 11 is 8.62. The van der Waals surface area contributed by atoms with Gasteiger partial charge in [0.15, 0.2) is 0 Å². The molecule has 10 heavy (non-hydrogen) atoms. The van der Waals surface area contributed by atoms with E-state index in [9.17, 15) is 4.39 Å². The Morgan fingerprint density at radius 2 is 2.10 bits per heavy atom. The second kappa shape index (κ2) is 2.89. The summed E-state index contributed by atoms with van der Waals surface area (Å²) in [6, 6.07) is 2.77. The van der Waals surface area contributed by atoms with Crippen LogP contribution in [0.3, 0.4) is 0 Å². The molecule has 1 aromatic rings. The lowest BCUT2D eigenvalue weighted by atomic mass is 10.2. The average Bonchev–Trinajstić information content (AvgIpc) is 1.84. The molecular weight excluding hydrogens is 218 g/mol. The Morgan fingerprint density at radius 3 is 2.60 bits per heavy atom. The van der Waals surface area contributed by atoms with Crippen LogP contribution in [-0.2, 0) is 0 Å². The van der Waals surface area contributed by atoms with Crippen LogP contribution in [0.2, 0.25) is 5.02 Å². The van der Waals surface area contributed by atoms with Crippen molar-refractivity contribution in [3.63, 3.8) is 0 Å². The molecule has 0 N–H and O–H groups in total. The summed E-state index contributed by atoms with van der Waals surface area (Å²) in [7, 11) is 0. The Balaban J connectivity index is 3.28. The van der Waals surface area contributed by atoms with Crippen LogP contribution in [0.4, 0.5) is 4.39 Å². The third-order valence-corrected chi connectivity index (χ3v) is 2.05. The summed E-state index contributed by atoms with van der Waals surface area (Å²) in [5.74, 6) is -0.339. The normalized spacial score (nSPS) is 10.0. The van der Waals surface area contributed by atoms with E-state index in [4.69, 9.17) is 11.6 Å². The molecule has 53 valence electrons. The fourth-order valence-electron chi connectivity index (χ4n) is 0.564. The number of halogens is 3. The van der Waals surface area contributed by atoms with E-state index in [0.717, 1.165) is 0 Å². The van der Waals surface area contributed by atoms with Gasteiger partial charge in [-0.2, -0.15) is 0 Å². The minimum atomic E-state index is -0.339. The molecule has 3 heteroatoms. The monoisotopic (exact) mass is 221 g/mol. The maximum absolute atomic E-state index is 12.6. The summed E-state index contributed by atoms with van der Waals surface area (Å²) in [6.07, 6.45) is 0. The molecule has 0 fully saturated rings. The summed E-state index contributed by atoms with van der Waals surface area (Å²) in [5, 5.41) is 0.466. The van der Waals surface area contributed by atoms with Crippen molar-refractivity contribution in [1.82, 2.24) is 0 Å². The maximum Gasteiger partial charge on any atom is 0.137 e. The van der Waals surface area contributed by atoms with Gasteiger partial charge in [0.25, 0.3) is 0 Å². The van der Waals surface area contributed by atoms with E-state index in [1.165, 1.54) is 12.1 Å². The Kier molecular flexibility index (Phi) is 2.32. The first-order valence-corrected chi connectivity index (χ1v) is 3.75. The Bertz CT molecular complexity index is 210. The van der Waals surface area contributed by atoms with E-state index in [0.29, 0.717) is 15.1 Å². The van der Waals surface area contributed by atoms with Crippen LogP contribution in [0.15, 0.2) is 16.6 Å². The molecule has 0 nitrogen and oxygen atoms in total. The minimum Gasteiger partial charge on any atom is -0.206 e. The van der Waals surface area contributed by atoms with Crippen molar-refractivity contribution < 1.29 is 4.39 Å². The van der Waals surface area contributed by atoms with Crippen LogP contribution in [0.1, 0.15) is 5.56 Å².